The van der Waals surface area contributed by atoms with Gasteiger partial charge in [0.15, 0.2) is 0 Å². The molecule has 0 bridgehead atoms. The normalized spacial score (nSPS) is 13.1. The van der Waals surface area contributed by atoms with Crippen LogP contribution in [-0.2, 0) is 28.4 Å². The minimum atomic E-state index is -0.927. The summed E-state index contributed by atoms with van der Waals surface area (Å²) in [5, 5.41) is 0. The van der Waals surface area contributed by atoms with E-state index in [-0.39, 0.29) is 36.6 Å². The number of rotatable bonds is 40. The van der Waals surface area contributed by atoms with Crippen molar-refractivity contribution in [2.24, 2.45) is 5.92 Å². The fourth-order valence-electron chi connectivity index (χ4n) is 7.81. The summed E-state index contributed by atoms with van der Waals surface area (Å²) in [6.45, 7) is 27.1. The Morgan fingerprint density at radius 3 is 0.704 bits per heavy atom. The number of ether oxygens (including phenoxy) is 6. The van der Waals surface area contributed by atoms with Gasteiger partial charge in [0.25, 0.3) is 11.9 Å². The summed E-state index contributed by atoms with van der Waals surface area (Å²) in [4.78, 5) is 0. The molecule has 0 aromatic carbocycles. The van der Waals surface area contributed by atoms with E-state index in [0.717, 1.165) is 31.6 Å². The van der Waals surface area contributed by atoms with Crippen LogP contribution in [0.2, 0.25) is 0 Å². The minimum Gasteiger partial charge on any atom is -0.325 e. The van der Waals surface area contributed by atoms with E-state index in [2.05, 4.69) is 90.0 Å². The summed E-state index contributed by atoms with van der Waals surface area (Å²) >= 11 is 0. The number of hydrogen-bond acceptors (Lipinski definition) is 6. The zero-order chi connectivity index (χ0) is 40.7. The van der Waals surface area contributed by atoms with Gasteiger partial charge in [0.05, 0.1) is 36.6 Å². The van der Waals surface area contributed by atoms with E-state index in [1.165, 1.54) is 141 Å². The molecule has 54 heavy (non-hydrogen) atoms. The minimum absolute atomic E-state index is 0.0608. The maximum absolute atomic E-state index is 6.24. The van der Waals surface area contributed by atoms with Crippen LogP contribution in [-0.4, -0.2) is 48.6 Å². The predicted octanol–water partition coefficient (Wildman–Crippen LogP) is 15.6. The van der Waals surface area contributed by atoms with Crippen LogP contribution in [0.3, 0.4) is 0 Å². The number of unbranched alkanes of at least 4 members (excludes halogenated alkanes) is 18. The van der Waals surface area contributed by atoms with E-state index in [1.54, 1.807) is 0 Å². The maximum atomic E-state index is 6.24. The second-order valence-electron chi connectivity index (χ2n) is 18.2. The molecule has 0 atom stereocenters. The van der Waals surface area contributed by atoms with Gasteiger partial charge in [0, 0.05) is 12.8 Å². The van der Waals surface area contributed by atoms with Crippen molar-refractivity contribution in [3.8, 4) is 0 Å². The first-order valence-corrected chi connectivity index (χ1v) is 23.7. The zero-order valence-electron chi connectivity index (χ0n) is 38.9. The molecule has 0 aliphatic heterocycles. The van der Waals surface area contributed by atoms with Crippen molar-refractivity contribution in [1.29, 1.82) is 0 Å². The van der Waals surface area contributed by atoms with Gasteiger partial charge in [-0.05, 0) is 102 Å². The Labute approximate surface area is 339 Å². The average molecular weight is 771 g/mol. The van der Waals surface area contributed by atoms with Gasteiger partial charge in [-0.15, -0.1) is 0 Å². The largest absolute Gasteiger partial charge is 0.325 e. The molecule has 0 fully saturated rings. The molecule has 0 aromatic rings. The summed E-state index contributed by atoms with van der Waals surface area (Å²) in [7, 11) is 0. The Morgan fingerprint density at radius 2 is 0.481 bits per heavy atom. The molecule has 0 amide bonds. The summed E-state index contributed by atoms with van der Waals surface area (Å²) in [5.74, 6) is -0.931. The highest BCUT2D eigenvalue weighted by Crippen LogP contribution is 2.31. The van der Waals surface area contributed by atoms with Gasteiger partial charge in [-0.1, -0.05) is 148 Å². The maximum Gasteiger partial charge on any atom is 0.283 e. The van der Waals surface area contributed by atoms with Crippen LogP contribution in [0, 0.1) is 5.92 Å². The van der Waals surface area contributed by atoms with Crippen molar-refractivity contribution in [2.75, 3.05) is 0 Å². The zero-order valence-corrected chi connectivity index (χ0v) is 38.9. The van der Waals surface area contributed by atoms with E-state index in [1.807, 2.05) is 0 Å². The lowest BCUT2D eigenvalue weighted by Crippen LogP contribution is -2.44. The smallest absolute Gasteiger partial charge is 0.283 e. The van der Waals surface area contributed by atoms with Crippen LogP contribution in [0.5, 0.6) is 0 Å². The highest BCUT2D eigenvalue weighted by atomic mass is 16.9. The third kappa shape index (κ3) is 31.8. The van der Waals surface area contributed by atoms with Crippen LogP contribution in [0.25, 0.3) is 0 Å². The van der Waals surface area contributed by atoms with Gasteiger partial charge in [-0.3, -0.25) is 0 Å². The molecule has 0 unspecified atom stereocenters. The molecule has 0 aliphatic carbocycles. The molecule has 0 heterocycles. The van der Waals surface area contributed by atoms with E-state index < -0.39 is 11.9 Å². The Bertz CT molecular complexity index is 685. The lowest BCUT2D eigenvalue weighted by molar-refractivity contribution is -0.412. The first kappa shape index (κ1) is 53.8. The summed E-state index contributed by atoms with van der Waals surface area (Å²) in [6.07, 6.45) is 34.2. The van der Waals surface area contributed by atoms with Crippen molar-refractivity contribution >= 4 is 0 Å². The van der Waals surface area contributed by atoms with Gasteiger partial charge in [-0.25, -0.2) is 0 Å². The molecule has 0 radical (unpaired) electrons. The van der Waals surface area contributed by atoms with Crippen molar-refractivity contribution in [3.63, 3.8) is 0 Å². The average Bonchev–Trinajstić information content (AvgIpc) is 3.03. The SMILES string of the molecule is CCCCCCCCCC(CCCCCCCCCC(OC(C)C)(OC(C)C)OC(C)C)CCCCCCCCCC(OC(C)C)(OC(C)C)OC(C)C. The molecule has 0 saturated carbocycles. The van der Waals surface area contributed by atoms with Gasteiger partial charge in [-0.2, -0.15) is 0 Å². The van der Waals surface area contributed by atoms with Gasteiger partial charge < -0.3 is 28.4 Å². The Kier molecular flexibility index (Phi) is 33.6. The van der Waals surface area contributed by atoms with Gasteiger partial charge >= 0.3 is 0 Å². The summed E-state index contributed by atoms with van der Waals surface area (Å²) in [6, 6.07) is 0. The van der Waals surface area contributed by atoms with E-state index in [0.29, 0.717) is 0 Å². The van der Waals surface area contributed by atoms with Gasteiger partial charge in [0.1, 0.15) is 0 Å². The monoisotopic (exact) mass is 771 g/mol. The molecule has 0 aromatic heterocycles. The molecule has 6 heteroatoms. The molecule has 326 valence electrons. The third-order valence-corrected chi connectivity index (χ3v) is 9.90. The Morgan fingerprint density at radius 1 is 0.278 bits per heavy atom. The first-order valence-electron chi connectivity index (χ1n) is 23.7. The van der Waals surface area contributed by atoms with Crippen molar-refractivity contribution < 1.29 is 28.4 Å². The lowest BCUT2D eigenvalue weighted by atomic mass is 9.89. The fourth-order valence-corrected chi connectivity index (χ4v) is 7.81. The molecule has 0 N–H and O–H groups in total. The third-order valence-electron chi connectivity index (χ3n) is 9.90. The van der Waals surface area contributed by atoms with Crippen molar-refractivity contribution in [3.05, 3.63) is 0 Å². The standard InChI is InChI=1S/C48H98O6/c1-14-15-16-17-20-25-30-35-46(36-31-26-21-18-23-28-33-38-47(49-40(2)3,50-41(4)5)51-42(6)7)37-32-27-22-19-24-29-34-39-48(52-43(8)9,53-44(10)11)54-45(12)13/h40-46H,14-39H2,1-13H3. The molecule has 0 spiro atoms. The van der Waals surface area contributed by atoms with Crippen LogP contribution >= 0.6 is 0 Å². The Balaban J connectivity index is 4.58. The van der Waals surface area contributed by atoms with E-state index >= 15 is 0 Å². The van der Waals surface area contributed by atoms with Crippen LogP contribution < -0.4 is 0 Å². The molecule has 0 aliphatic rings. The lowest BCUT2D eigenvalue weighted by Gasteiger charge is -2.38. The van der Waals surface area contributed by atoms with Gasteiger partial charge in [0.2, 0.25) is 0 Å². The summed E-state index contributed by atoms with van der Waals surface area (Å²) < 4.78 is 37.5. The summed E-state index contributed by atoms with van der Waals surface area (Å²) in [5.41, 5.74) is 0. The topological polar surface area (TPSA) is 55.4 Å². The first-order chi connectivity index (χ1) is 25.6. The van der Waals surface area contributed by atoms with Crippen LogP contribution in [0.4, 0.5) is 0 Å². The predicted molar refractivity (Wildman–Crippen MR) is 232 cm³/mol. The van der Waals surface area contributed by atoms with E-state index in [4.69, 9.17) is 28.4 Å². The molecule has 0 saturated heterocycles. The molecule has 0 rings (SSSR count). The fraction of sp³-hybridized carbons (Fsp3) is 1.00. The molecule has 6 nitrogen and oxygen atoms in total. The Hall–Kier alpha value is -0.240. The van der Waals surface area contributed by atoms with Crippen LogP contribution in [0.15, 0.2) is 0 Å². The van der Waals surface area contributed by atoms with Crippen molar-refractivity contribution in [1.82, 2.24) is 0 Å². The number of hydrogen-bond donors (Lipinski definition) is 0. The van der Waals surface area contributed by atoms with Crippen molar-refractivity contribution in [2.45, 2.75) is 306 Å². The molecular weight excluding hydrogens is 673 g/mol. The highest BCUT2D eigenvalue weighted by Gasteiger charge is 2.37. The second-order valence-corrected chi connectivity index (χ2v) is 18.2. The highest BCUT2D eigenvalue weighted by molar-refractivity contribution is 4.67. The molecular formula is C48H98O6. The second kappa shape index (κ2) is 33.7. The van der Waals surface area contributed by atoms with Crippen LogP contribution in [0.1, 0.15) is 257 Å². The quantitative estimate of drug-likeness (QED) is 0.0457. The van der Waals surface area contributed by atoms with E-state index in [9.17, 15) is 0 Å².